The van der Waals surface area contributed by atoms with Gasteiger partial charge in [0.05, 0.1) is 0 Å². The third kappa shape index (κ3) is 3.92. The molecule has 1 heterocycles. The predicted octanol–water partition coefficient (Wildman–Crippen LogP) is 3.69. The van der Waals surface area contributed by atoms with Gasteiger partial charge in [-0.05, 0) is 50.2 Å². The molecule has 0 aromatic heterocycles. The largest absolute Gasteiger partial charge is 0.305 e. The number of rotatable bonds is 5. The normalized spacial score (nSPS) is 18.2. The molecule has 1 fully saturated rings. The lowest BCUT2D eigenvalue weighted by atomic mass is 10.0. The first-order valence-corrected chi connectivity index (χ1v) is 8.62. The average Bonchev–Trinajstić information content (AvgIpc) is 3.04. The minimum Gasteiger partial charge on any atom is -0.305 e. The Morgan fingerprint density at radius 1 is 1.12 bits per heavy atom. The Kier molecular flexibility index (Phi) is 5.12. The number of ketones is 1. The number of benzene rings is 2. The Morgan fingerprint density at radius 2 is 1.88 bits per heavy atom. The molecule has 0 bridgehead atoms. The molecule has 1 saturated heterocycles. The second-order valence-electron chi connectivity index (χ2n) is 6.98. The summed E-state index contributed by atoms with van der Waals surface area (Å²) < 4.78 is 0. The molecule has 3 nitrogen and oxygen atoms in total. The van der Waals surface area contributed by atoms with E-state index in [0.29, 0.717) is 6.04 Å². The van der Waals surface area contributed by atoms with Crippen molar-refractivity contribution >= 4 is 5.78 Å². The molecule has 0 amide bonds. The molecule has 0 saturated carbocycles. The Hall–Kier alpha value is -1.97. The Bertz CT molecular complexity index is 706. The van der Waals surface area contributed by atoms with Crippen molar-refractivity contribution in [2.75, 3.05) is 27.2 Å². The standard InChI is InChI=1S/C21H26N2O/c1-16(24)19-5-4-6-20(13-19)18-9-7-17(8-10-18)14-23-12-11-21(15-23)22(2)3/h4-10,13,21H,11-12,14-15H2,1-3H3. The minimum absolute atomic E-state index is 0.109. The predicted molar refractivity (Wildman–Crippen MR) is 99.3 cm³/mol. The van der Waals surface area contributed by atoms with Gasteiger partial charge >= 0.3 is 0 Å². The van der Waals surface area contributed by atoms with Crippen molar-refractivity contribution < 1.29 is 4.79 Å². The smallest absolute Gasteiger partial charge is 0.159 e. The van der Waals surface area contributed by atoms with Crippen molar-refractivity contribution in [2.24, 2.45) is 0 Å². The van der Waals surface area contributed by atoms with Crippen LogP contribution < -0.4 is 0 Å². The van der Waals surface area contributed by atoms with Gasteiger partial charge in [-0.2, -0.15) is 0 Å². The van der Waals surface area contributed by atoms with Crippen molar-refractivity contribution in [1.29, 1.82) is 0 Å². The maximum absolute atomic E-state index is 11.5. The van der Waals surface area contributed by atoms with E-state index in [2.05, 4.69) is 54.2 Å². The van der Waals surface area contributed by atoms with Crippen LogP contribution in [-0.2, 0) is 6.54 Å². The van der Waals surface area contributed by atoms with Crippen LogP contribution in [0.5, 0.6) is 0 Å². The summed E-state index contributed by atoms with van der Waals surface area (Å²) in [7, 11) is 4.33. The Morgan fingerprint density at radius 3 is 2.50 bits per heavy atom. The van der Waals surface area contributed by atoms with Crippen molar-refractivity contribution in [1.82, 2.24) is 9.80 Å². The lowest BCUT2D eigenvalue weighted by Crippen LogP contribution is -2.31. The van der Waals surface area contributed by atoms with E-state index in [1.807, 2.05) is 18.2 Å². The lowest BCUT2D eigenvalue weighted by Gasteiger charge is -2.20. The molecule has 1 unspecified atom stereocenters. The molecule has 2 aromatic rings. The summed E-state index contributed by atoms with van der Waals surface area (Å²) in [5, 5.41) is 0. The van der Waals surface area contributed by atoms with Gasteiger partial charge in [0.15, 0.2) is 5.78 Å². The lowest BCUT2D eigenvalue weighted by molar-refractivity contribution is 0.101. The molecule has 3 rings (SSSR count). The molecule has 0 spiro atoms. The highest BCUT2D eigenvalue weighted by Gasteiger charge is 2.23. The second kappa shape index (κ2) is 7.29. The fourth-order valence-corrected chi connectivity index (χ4v) is 3.36. The first-order chi connectivity index (χ1) is 11.5. The van der Waals surface area contributed by atoms with E-state index < -0.39 is 0 Å². The zero-order valence-corrected chi connectivity index (χ0v) is 14.8. The third-order valence-corrected chi connectivity index (χ3v) is 4.94. The highest BCUT2D eigenvalue weighted by molar-refractivity contribution is 5.95. The number of hydrogen-bond donors (Lipinski definition) is 0. The van der Waals surface area contributed by atoms with Crippen LogP contribution in [0.4, 0.5) is 0 Å². The monoisotopic (exact) mass is 322 g/mol. The van der Waals surface area contributed by atoms with Gasteiger partial charge in [0.1, 0.15) is 0 Å². The fourth-order valence-electron chi connectivity index (χ4n) is 3.36. The number of likely N-dealkylation sites (tertiary alicyclic amines) is 1. The summed E-state index contributed by atoms with van der Waals surface area (Å²) in [6.07, 6.45) is 1.25. The van der Waals surface area contributed by atoms with E-state index in [9.17, 15) is 4.79 Å². The van der Waals surface area contributed by atoms with Crippen molar-refractivity contribution in [3.63, 3.8) is 0 Å². The summed E-state index contributed by atoms with van der Waals surface area (Å²) in [5.41, 5.74) is 4.38. The highest BCUT2D eigenvalue weighted by atomic mass is 16.1. The quantitative estimate of drug-likeness (QED) is 0.784. The van der Waals surface area contributed by atoms with Gasteiger partial charge < -0.3 is 4.90 Å². The number of carbonyl (C=O) groups is 1. The molecule has 0 N–H and O–H groups in total. The Balaban J connectivity index is 1.68. The van der Waals surface area contributed by atoms with Gasteiger partial charge in [-0.25, -0.2) is 0 Å². The molecular formula is C21H26N2O. The highest BCUT2D eigenvalue weighted by Crippen LogP contribution is 2.23. The molecule has 0 aliphatic carbocycles. The number of carbonyl (C=O) groups excluding carboxylic acids is 1. The van der Waals surface area contributed by atoms with E-state index >= 15 is 0 Å². The van der Waals surface area contributed by atoms with Crippen LogP contribution in [-0.4, -0.2) is 48.8 Å². The van der Waals surface area contributed by atoms with Crippen LogP contribution in [0.1, 0.15) is 29.3 Å². The Labute approximate surface area is 144 Å². The van der Waals surface area contributed by atoms with Crippen LogP contribution in [0.25, 0.3) is 11.1 Å². The fraction of sp³-hybridized carbons (Fsp3) is 0.381. The van der Waals surface area contributed by atoms with Gasteiger partial charge in [-0.3, -0.25) is 9.69 Å². The van der Waals surface area contributed by atoms with Gasteiger partial charge in [0.25, 0.3) is 0 Å². The summed E-state index contributed by atoms with van der Waals surface area (Å²) in [5.74, 6) is 0.109. The van der Waals surface area contributed by atoms with Crippen LogP contribution in [0.2, 0.25) is 0 Å². The minimum atomic E-state index is 0.109. The molecular weight excluding hydrogens is 296 g/mol. The summed E-state index contributed by atoms with van der Waals surface area (Å²) in [6, 6.07) is 17.3. The number of likely N-dealkylation sites (N-methyl/N-ethyl adjacent to an activating group) is 1. The first-order valence-electron chi connectivity index (χ1n) is 8.62. The zero-order chi connectivity index (χ0) is 17.1. The first kappa shape index (κ1) is 16.9. The van der Waals surface area contributed by atoms with E-state index in [1.165, 1.54) is 18.5 Å². The number of Topliss-reactive ketones (excluding diaryl/α,β-unsaturated/α-hetero) is 1. The molecule has 3 heteroatoms. The molecule has 126 valence electrons. The number of hydrogen-bond acceptors (Lipinski definition) is 3. The zero-order valence-electron chi connectivity index (χ0n) is 14.8. The maximum atomic E-state index is 11.5. The van der Waals surface area contributed by atoms with Gasteiger partial charge in [-0.1, -0.05) is 42.5 Å². The molecule has 2 aromatic carbocycles. The van der Waals surface area contributed by atoms with E-state index in [0.717, 1.165) is 29.8 Å². The van der Waals surface area contributed by atoms with Crippen molar-refractivity contribution in [3.05, 3.63) is 59.7 Å². The third-order valence-electron chi connectivity index (χ3n) is 4.94. The van der Waals surface area contributed by atoms with E-state index in [1.54, 1.807) is 6.92 Å². The van der Waals surface area contributed by atoms with Gasteiger partial charge in [0.2, 0.25) is 0 Å². The molecule has 24 heavy (non-hydrogen) atoms. The van der Waals surface area contributed by atoms with Crippen LogP contribution in [0, 0.1) is 0 Å². The molecule has 1 aliphatic rings. The summed E-state index contributed by atoms with van der Waals surface area (Å²) in [4.78, 5) is 16.4. The maximum Gasteiger partial charge on any atom is 0.159 e. The van der Waals surface area contributed by atoms with Crippen molar-refractivity contribution in [2.45, 2.75) is 25.9 Å². The van der Waals surface area contributed by atoms with Gasteiger partial charge in [0, 0.05) is 31.2 Å². The van der Waals surface area contributed by atoms with Crippen molar-refractivity contribution in [3.8, 4) is 11.1 Å². The van der Waals surface area contributed by atoms with Crippen LogP contribution in [0.15, 0.2) is 48.5 Å². The van der Waals surface area contributed by atoms with E-state index in [-0.39, 0.29) is 5.78 Å². The summed E-state index contributed by atoms with van der Waals surface area (Å²) in [6.45, 7) is 4.94. The van der Waals surface area contributed by atoms with Gasteiger partial charge in [-0.15, -0.1) is 0 Å². The SMILES string of the molecule is CC(=O)c1cccc(-c2ccc(CN3CCC(N(C)C)C3)cc2)c1. The molecule has 0 radical (unpaired) electrons. The van der Waals surface area contributed by atoms with E-state index in [4.69, 9.17) is 0 Å². The van der Waals surface area contributed by atoms with Crippen LogP contribution in [0.3, 0.4) is 0 Å². The topological polar surface area (TPSA) is 23.6 Å². The average molecular weight is 322 g/mol. The number of nitrogens with zero attached hydrogens (tertiary/aromatic N) is 2. The molecule has 1 aliphatic heterocycles. The molecule has 1 atom stereocenters. The second-order valence-corrected chi connectivity index (χ2v) is 6.98. The van der Waals surface area contributed by atoms with Crippen LogP contribution >= 0.6 is 0 Å². The summed E-state index contributed by atoms with van der Waals surface area (Å²) >= 11 is 0.